The van der Waals surface area contributed by atoms with Gasteiger partial charge in [0.05, 0.1) is 5.69 Å². The van der Waals surface area contributed by atoms with E-state index < -0.39 is 27.4 Å². The van der Waals surface area contributed by atoms with Gasteiger partial charge in [0, 0.05) is 5.69 Å². The molecule has 2 amide bonds. The van der Waals surface area contributed by atoms with Crippen molar-refractivity contribution >= 4 is 27.5 Å². The highest BCUT2D eigenvalue weighted by Gasteiger charge is 2.48. The number of nitrogens with one attached hydrogen (secondary N) is 2. The largest absolute Gasteiger partial charge is 0.534 e. The normalized spacial score (nSPS) is 11.6. The van der Waals surface area contributed by atoms with Crippen LogP contribution < -0.4 is 14.8 Å². The van der Waals surface area contributed by atoms with Crippen LogP contribution in [-0.4, -0.2) is 20.0 Å². The Morgan fingerprint density at radius 2 is 1.50 bits per heavy atom. The number of hydrogen-bond acceptors (Lipinski definition) is 4. The first-order valence-corrected chi connectivity index (χ1v) is 7.83. The highest BCUT2D eigenvalue weighted by molar-refractivity contribution is 7.88. The molecular formula is C14H11F3N2O4S. The molecule has 0 aliphatic rings. The highest BCUT2D eigenvalue weighted by Crippen LogP contribution is 2.31. The smallest absolute Gasteiger partial charge is 0.374 e. The lowest BCUT2D eigenvalue weighted by Crippen LogP contribution is -2.28. The Kier molecular flexibility index (Phi) is 4.98. The minimum atomic E-state index is -5.84. The summed E-state index contributed by atoms with van der Waals surface area (Å²) in [6.45, 7) is 0. The van der Waals surface area contributed by atoms with Crippen LogP contribution in [0.15, 0.2) is 54.6 Å². The molecule has 2 aromatic carbocycles. The van der Waals surface area contributed by atoms with Gasteiger partial charge in [-0.2, -0.15) is 21.6 Å². The van der Waals surface area contributed by atoms with Gasteiger partial charge in [-0.3, -0.25) is 0 Å². The van der Waals surface area contributed by atoms with Gasteiger partial charge in [-0.25, -0.2) is 4.79 Å². The molecule has 2 aromatic rings. The quantitative estimate of drug-likeness (QED) is 0.645. The first-order valence-electron chi connectivity index (χ1n) is 6.42. The number of rotatable bonds is 4. The Labute approximate surface area is 135 Å². The molecule has 10 heteroatoms. The predicted molar refractivity (Wildman–Crippen MR) is 81.1 cm³/mol. The molecule has 0 unspecified atom stereocenters. The van der Waals surface area contributed by atoms with Crippen molar-refractivity contribution in [2.24, 2.45) is 0 Å². The minimum Gasteiger partial charge on any atom is -0.374 e. The number of alkyl halides is 3. The fraction of sp³-hybridized carbons (Fsp3) is 0.0714. The van der Waals surface area contributed by atoms with Crippen molar-refractivity contribution in [2.45, 2.75) is 5.51 Å². The third-order valence-electron chi connectivity index (χ3n) is 2.65. The van der Waals surface area contributed by atoms with Crippen LogP contribution in [0.2, 0.25) is 0 Å². The van der Waals surface area contributed by atoms with E-state index in [-0.39, 0.29) is 5.69 Å². The number of benzene rings is 2. The molecule has 0 aliphatic carbocycles. The summed E-state index contributed by atoms with van der Waals surface area (Å²) in [5.74, 6) is -0.655. The minimum absolute atomic E-state index is 0.237. The van der Waals surface area contributed by atoms with E-state index in [1.54, 1.807) is 30.3 Å². The molecule has 24 heavy (non-hydrogen) atoms. The van der Waals surface area contributed by atoms with Crippen LogP contribution >= 0.6 is 0 Å². The summed E-state index contributed by atoms with van der Waals surface area (Å²) in [5, 5.41) is 4.66. The molecule has 2 N–H and O–H groups in total. The number of amides is 2. The fourth-order valence-electron chi connectivity index (χ4n) is 1.61. The Hall–Kier alpha value is -2.75. The van der Waals surface area contributed by atoms with E-state index in [2.05, 4.69) is 14.8 Å². The third kappa shape index (κ3) is 4.38. The third-order valence-corrected chi connectivity index (χ3v) is 3.62. The summed E-state index contributed by atoms with van der Waals surface area (Å²) in [5.41, 5.74) is -5.37. The van der Waals surface area contributed by atoms with Crippen LogP contribution in [0, 0.1) is 0 Å². The van der Waals surface area contributed by atoms with Gasteiger partial charge in [0.1, 0.15) is 0 Å². The number of anilines is 2. The predicted octanol–water partition coefficient (Wildman–Crippen LogP) is 3.56. The Morgan fingerprint density at radius 1 is 0.917 bits per heavy atom. The first kappa shape index (κ1) is 17.6. The molecule has 0 heterocycles. The van der Waals surface area contributed by atoms with E-state index >= 15 is 0 Å². The van der Waals surface area contributed by atoms with E-state index in [9.17, 15) is 26.4 Å². The zero-order chi connectivity index (χ0) is 17.8. The second-order valence-electron chi connectivity index (χ2n) is 4.42. The number of hydrogen-bond donors (Lipinski definition) is 2. The van der Waals surface area contributed by atoms with Crippen LogP contribution in [0.4, 0.5) is 29.3 Å². The maximum atomic E-state index is 12.4. The maximum Gasteiger partial charge on any atom is 0.534 e. The van der Waals surface area contributed by atoms with Gasteiger partial charge in [-0.1, -0.05) is 30.3 Å². The summed E-state index contributed by atoms with van der Waals surface area (Å²) in [6, 6.07) is 12.3. The van der Waals surface area contributed by atoms with Crippen molar-refractivity contribution in [3.63, 3.8) is 0 Å². The van der Waals surface area contributed by atoms with Gasteiger partial charge in [0.2, 0.25) is 0 Å². The molecule has 0 aliphatic heterocycles. The summed E-state index contributed by atoms with van der Waals surface area (Å²) >= 11 is 0. The Bertz CT molecular complexity index is 823. The number of carbonyl (C=O) groups is 1. The van der Waals surface area contributed by atoms with Crippen molar-refractivity contribution in [3.8, 4) is 5.75 Å². The van der Waals surface area contributed by atoms with Crippen molar-refractivity contribution in [1.82, 2.24) is 0 Å². The molecule has 0 saturated carbocycles. The summed E-state index contributed by atoms with van der Waals surface area (Å²) < 4.78 is 63.4. The van der Waals surface area contributed by atoms with E-state index in [4.69, 9.17) is 0 Å². The molecule has 0 atom stereocenters. The summed E-state index contributed by atoms with van der Waals surface area (Å²) in [4.78, 5) is 11.8. The second kappa shape index (κ2) is 6.79. The van der Waals surface area contributed by atoms with Crippen LogP contribution in [-0.2, 0) is 10.1 Å². The Balaban J connectivity index is 2.16. The van der Waals surface area contributed by atoms with Crippen molar-refractivity contribution < 1.29 is 30.6 Å². The molecule has 0 bridgehead atoms. The van der Waals surface area contributed by atoms with Gasteiger partial charge in [0.15, 0.2) is 5.75 Å². The molecular weight excluding hydrogens is 349 g/mol. The summed E-state index contributed by atoms with van der Waals surface area (Å²) in [6.07, 6.45) is 0. The SMILES string of the molecule is O=C(Nc1ccccc1)Nc1ccccc1OS(=O)(=O)C(F)(F)F. The zero-order valence-corrected chi connectivity index (χ0v) is 12.7. The fourth-order valence-corrected chi connectivity index (χ4v) is 2.09. The first-order chi connectivity index (χ1) is 11.2. The second-order valence-corrected chi connectivity index (χ2v) is 5.96. The van der Waals surface area contributed by atoms with Crippen LogP contribution in [0.5, 0.6) is 5.75 Å². The lowest BCUT2D eigenvalue weighted by Gasteiger charge is -2.14. The number of para-hydroxylation sites is 3. The highest BCUT2D eigenvalue weighted by atomic mass is 32.2. The van der Waals surface area contributed by atoms with Crippen molar-refractivity contribution in [2.75, 3.05) is 10.6 Å². The van der Waals surface area contributed by atoms with Crippen molar-refractivity contribution in [1.29, 1.82) is 0 Å². The summed E-state index contributed by atoms with van der Waals surface area (Å²) in [7, 11) is -5.84. The number of carbonyl (C=O) groups excluding carboxylic acids is 1. The van der Waals surface area contributed by atoms with Gasteiger partial charge < -0.3 is 14.8 Å². The average Bonchev–Trinajstić information content (AvgIpc) is 2.49. The topological polar surface area (TPSA) is 84.5 Å². The molecule has 0 radical (unpaired) electrons. The molecule has 0 spiro atoms. The van der Waals surface area contributed by atoms with Gasteiger partial charge in [-0.05, 0) is 24.3 Å². The molecule has 6 nitrogen and oxygen atoms in total. The van der Waals surface area contributed by atoms with E-state index in [1.165, 1.54) is 18.2 Å². The average molecular weight is 360 g/mol. The monoisotopic (exact) mass is 360 g/mol. The molecule has 0 fully saturated rings. The van der Waals surface area contributed by atoms with Gasteiger partial charge in [0.25, 0.3) is 0 Å². The molecule has 0 saturated heterocycles. The zero-order valence-electron chi connectivity index (χ0n) is 11.9. The van der Waals surface area contributed by atoms with Crippen molar-refractivity contribution in [3.05, 3.63) is 54.6 Å². The molecule has 2 rings (SSSR count). The van der Waals surface area contributed by atoms with Crippen LogP contribution in [0.3, 0.4) is 0 Å². The van der Waals surface area contributed by atoms with Crippen LogP contribution in [0.25, 0.3) is 0 Å². The van der Waals surface area contributed by atoms with E-state index in [0.29, 0.717) is 5.69 Å². The molecule has 0 aromatic heterocycles. The Morgan fingerprint density at radius 3 is 2.12 bits per heavy atom. The maximum absolute atomic E-state index is 12.4. The van der Waals surface area contributed by atoms with E-state index in [1.807, 2.05) is 0 Å². The molecule has 128 valence electrons. The standard InChI is InChI=1S/C14H11F3N2O4S/c15-14(16,17)24(21,22)23-12-9-5-4-8-11(12)19-13(20)18-10-6-2-1-3-7-10/h1-9H,(H2,18,19,20). The number of halogens is 3. The lowest BCUT2D eigenvalue weighted by molar-refractivity contribution is -0.0499. The lowest BCUT2D eigenvalue weighted by atomic mass is 10.3. The van der Waals surface area contributed by atoms with E-state index in [0.717, 1.165) is 6.07 Å². The van der Waals surface area contributed by atoms with Crippen LogP contribution in [0.1, 0.15) is 0 Å². The van der Waals surface area contributed by atoms with Gasteiger partial charge in [-0.15, -0.1) is 0 Å². The van der Waals surface area contributed by atoms with Gasteiger partial charge >= 0.3 is 21.7 Å². The number of urea groups is 1.